The van der Waals surface area contributed by atoms with Gasteiger partial charge in [-0.2, -0.15) is 4.98 Å². The van der Waals surface area contributed by atoms with Crippen LogP contribution in [0.2, 0.25) is 5.02 Å². The Hall–Kier alpha value is -2.90. The number of aromatic nitrogens is 2. The van der Waals surface area contributed by atoms with Crippen LogP contribution in [0.1, 0.15) is 44.2 Å². The minimum atomic E-state index is -0.0455. The van der Waals surface area contributed by atoms with Crippen LogP contribution in [-0.4, -0.2) is 40.6 Å². The van der Waals surface area contributed by atoms with Gasteiger partial charge in [0.1, 0.15) is 5.75 Å². The summed E-state index contributed by atoms with van der Waals surface area (Å²) in [5, 5.41) is 7.90. The summed E-state index contributed by atoms with van der Waals surface area (Å²) in [7, 11) is 0. The molecule has 2 aromatic carbocycles. The van der Waals surface area contributed by atoms with E-state index in [1.807, 2.05) is 50.2 Å². The maximum atomic E-state index is 12.8. The number of hydrogen-bond donors (Lipinski definition) is 1. The van der Waals surface area contributed by atoms with Crippen molar-refractivity contribution in [2.75, 3.05) is 19.7 Å². The van der Waals surface area contributed by atoms with E-state index >= 15 is 0 Å². The normalized spacial score (nSPS) is 15.8. The summed E-state index contributed by atoms with van der Waals surface area (Å²) in [4.78, 5) is 19.5. The molecule has 1 atom stereocenters. The molecule has 1 N–H and O–H groups in total. The lowest BCUT2D eigenvalue weighted by atomic mass is 9.95. The Bertz CT molecular complexity index is 1040. The molecule has 1 saturated heterocycles. The molecule has 33 heavy (non-hydrogen) atoms. The van der Waals surface area contributed by atoms with E-state index < -0.39 is 0 Å². The SMILES string of the molecule is CCOc1ccc(C(C)NC(=O)C2CCN(Cc3nc(-c4ccc(Cl)cc4)no3)CC2)cc1. The van der Waals surface area contributed by atoms with Crippen molar-refractivity contribution < 1.29 is 14.1 Å². The molecule has 1 unspecified atom stereocenters. The average Bonchev–Trinajstić information content (AvgIpc) is 3.29. The largest absolute Gasteiger partial charge is 0.494 e. The van der Waals surface area contributed by atoms with Gasteiger partial charge in [0.25, 0.3) is 0 Å². The summed E-state index contributed by atoms with van der Waals surface area (Å²) in [5.74, 6) is 2.09. The monoisotopic (exact) mass is 468 g/mol. The van der Waals surface area contributed by atoms with Gasteiger partial charge in [-0.25, -0.2) is 0 Å². The zero-order valence-corrected chi connectivity index (χ0v) is 19.7. The van der Waals surface area contributed by atoms with Crippen molar-refractivity contribution in [2.24, 2.45) is 5.92 Å². The van der Waals surface area contributed by atoms with Gasteiger partial charge in [0, 0.05) is 16.5 Å². The van der Waals surface area contributed by atoms with Gasteiger partial charge in [0.05, 0.1) is 19.2 Å². The van der Waals surface area contributed by atoms with E-state index in [1.54, 1.807) is 12.1 Å². The van der Waals surface area contributed by atoms with Gasteiger partial charge in [0.2, 0.25) is 17.6 Å². The summed E-state index contributed by atoms with van der Waals surface area (Å²) >= 11 is 5.94. The highest BCUT2D eigenvalue weighted by Crippen LogP contribution is 2.23. The summed E-state index contributed by atoms with van der Waals surface area (Å²) < 4.78 is 10.9. The average molecular weight is 469 g/mol. The Labute approximate surface area is 199 Å². The topological polar surface area (TPSA) is 80.5 Å². The van der Waals surface area contributed by atoms with E-state index in [4.69, 9.17) is 20.9 Å². The number of ether oxygens (including phenoxy) is 1. The van der Waals surface area contributed by atoms with E-state index in [0.29, 0.717) is 29.9 Å². The van der Waals surface area contributed by atoms with Crippen LogP contribution in [0.3, 0.4) is 0 Å². The zero-order valence-electron chi connectivity index (χ0n) is 19.0. The van der Waals surface area contributed by atoms with Crippen molar-refractivity contribution in [2.45, 2.75) is 39.3 Å². The number of carbonyl (C=O) groups excluding carboxylic acids is 1. The second kappa shape index (κ2) is 10.8. The first-order valence-electron chi connectivity index (χ1n) is 11.4. The molecule has 0 radical (unpaired) electrons. The Morgan fingerprint density at radius 2 is 1.88 bits per heavy atom. The van der Waals surface area contributed by atoms with E-state index in [0.717, 1.165) is 42.8 Å². The predicted molar refractivity (Wildman–Crippen MR) is 127 cm³/mol. The van der Waals surface area contributed by atoms with Crippen molar-refractivity contribution in [3.05, 3.63) is 65.0 Å². The fraction of sp³-hybridized carbons (Fsp3) is 0.400. The predicted octanol–water partition coefficient (Wildman–Crippen LogP) is 4.88. The maximum absolute atomic E-state index is 12.8. The summed E-state index contributed by atoms with van der Waals surface area (Å²) in [6.45, 7) is 6.82. The second-order valence-electron chi connectivity index (χ2n) is 8.30. The van der Waals surface area contributed by atoms with Gasteiger partial charge >= 0.3 is 0 Å². The van der Waals surface area contributed by atoms with Gasteiger partial charge < -0.3 is 14.6 Å². The lowest BCUT2D eigenvalue weighted by Gasteiger charge is -2.30. The number of benzene rings is 2. The van der Waals surface area contributed by atoms with E-state index in [9.17, 15) is 4.79 Å². The van der Waals surface area contributed by atoms with Crippen molar-refractivity contribution in [3.8, 4) is 17.1 Å². The number of likely N-dealkylation sites (tertiary alicyclic amines) is 1. The zero-order chi connectivity index (χ0) is 23.2. The summed E-state index contributed by atoms with van der Waals surface area (Å²) in [5.41, 5.74) is 1.93. The van der Waals surface area contributed by atoms with Gasteiger partial charge in [-0.1, -0.05) is 28.9 Å². The van der Waals surface area contributed by atoms with Crippen LogP contribution in [0.25, 0.3) is 11.4 Å². The Morgan fingerprint density at radius 1 is 1.18 bits per heavy atom. The highest BCUT2D eigenvalue weighted by Gasteiger charge is 2.27. The molecular formula is C25H29ClN4O3. The molecule has 0 saturated carbocycles. The maximum Gasteiger partial charge on any atom is 0.241 e. The smallest absolute Gasteiger partial charge is 0.241 e. The fourth-order valence-electron chi connectivity index (χ4n) is 4.01. The van der Waals surface area contributed by atoms with E-state index in [2.05, 4.69) is 20.4 Å². The quantitative estimate of drug-likeness (QED) is 0.507. The lowest BCUT2D eigenvalue weighted by Crippen LogP contribution is -2.40. The number of amides is 1. The number of nitrogens with zero attached hydrogens (tertiary/aromatic N) is 3. The molecular weight excluding hydrogens is 440 g/mol. The third-order valence-electron chi connectivity index (χ3n) is 5.94. The molecule has 0 bridgehead atoms. The Balaban J connectivity index is 1.24. The van der Waals surface area contributed by atoms with Crippen LogP contribution < -0.4 is 10.1 Å². The van der Waals surface area contributed by atoms with Crippen LogP contribution in [0, 0.1) is 5.92 Å². The molecule has 1 aromatic heterocycles. The number of nitrogens with one attached hydrogen (secondary N) is 1. The van der Waals surface area contributed by atoms with Crippen LogP contribution in [0.5, 0.6) is 5.75 Å². The summed E-state index contributed by atoms with van der Waals surface area (Å²) in [6.07, 6.45) is 1.61. The van der Waals surface area contributed by atoms with E-state index in [-0.39, 0.29) is 17.9 Å². The minimum Gasteiger partial charge on any atom is -0.494 e. The van der Waals surface area contributed by atoms with Crippen LogP contribution >= 0.6 is 11.6 Å². The number of rotatable bonds is 8. The molecule has 4 rings (SSSR count). The van der Waals surface area contributed by atoms with Crippen molar-refractivity contribution >= 4 is 17.5 Å². The van der Waals surface area contributed by atoms with Crippen LogP contribution in [-0.2, 0) is 11.3 Å². The van der Waals surface area contributed by atoms with Crippen LogP contribution in [0.4, 0.5) is 0 Å². The highest BCUT2D eigenvalue weighted by molar-refractivity contribution is 6.30. The number of halogens is 1. The molecule has 2 heterocycles. The Morgan fingerprint density at radius 3 is 2.55 bits per heavy atom. The molecule has 1 amide bonds. The molecule has 0 aliphatic carbocycles. The van der Waals surface area contributed by atoms with Gasteiger partial charge in [-0.05, 0) is 81.7 Å². The van der Waals surface area contributed by atoms with Crippen molar-refractivity contribution in [1.82, 2.24) is 20.4 Å². The van der Waals surface area contributed by atoms with Gasteiger partial charge in [-0.15, -0.1) is 0 Å². The first-order valence-corrected chi connectivity index (χ1v) is 11.7. The number of piperidine rings is 1. The van der Waals surface area contributed by atoms with Crippen molar-refractivity contribution in [3.63, 3.8) is 0 Å². The lowest BCUT2D eigenvalue weighted by molar-refractivity contribution is -0.127. The van der Waals surface area contributed by atoms with Crippen molar-refractivity contribution in [1.29, 1.82) is 0 Å². The third kappa shape index (κ3) is 6.12. The molecule has 0 spiro atoms. The molecule has 3 aromatic rings. The first kappa shape index (κ1) is 23.3. The molecule has 1 fully saturated rings. The number of hydrogen-bond acceptors (Lipinski definition) is 6. The molecule has 7 nitrogen and oxygen atoms in total. The standard InChI is InChI=1S/C25H29ClN4O3/c1-3-32-22-10-6-18(7-11-22)17(2)27-25(31)20-12-14-30(15-13-20)16-23-28-24(29-33-23)19-4-8-21(26)9-5-19/h4-11,17,20H,3,12-16H2,1-2H3,(H,27,31). The number of carbonyl (C=O) groups is 1. The fourth-order valence-corrected chi connectivity index (χ4v) is 4.14. The second-order valence-corrected chi connectivity index (χ2v) is 8.74. The van der Waals surface area contributed by atoms with Gasteiger partial charge in [0.15, 0.2) is 0 Å². The van der Waals surface area contributed by atoms with Crippen LogP contribution in [0.15, 0.2) is 53.1 Å². The first-order chi connectivity index (χ1) is 16.0. The molecule has 174 valence electrons. The third-order valence-corrected chi connectivity index (χ3v) is 6.19. The minimum absolute atomic E-state index is 0.0127. The molecule has 1 aliphatic heterocycles. The van der Waals surface area contributed by atoms with E-state index in [1.165, 1.54) is 0 Å². The summed E-state index contributed by atoms with van der Waals surface area (Å²) in [6, 6.07) is 15.2. The molecule has 1 aliphatic rings. The Kier molecular flexibility index (Phi) is 7.62. The highest BCUT2D eigenvalue weighted by atomic mass is 35.5. The van der Waals surface area contributed by atoms with Gasteiger partial charge in [-0.3, -0.25) is 9.69 Å². The molecule has 8 heteroatoms.